The Labute approximate surface area is 118 Å². The van der Waals surface area contributed by atoms with Crippen molar-refractivity contribution in [1.82, 2.24) is 10.3 Å². The van der Waals surface area contributed by atoms with E-state index in [0.29, 0.717) is 18.3 Å². The van der Waals surface area contributed by atoms with Crippen LogP contribution in [-0.4, -0.2) is 31.7 Å². The molecule has 1 fully saturated rings. The van der Waals surface area contributed by atoms with Gasteiger partial charge in [-0.05, 0) is 37.1 Å². The Morgan fingerprint density at radius 3 is 2.90 bits per heavy atom. The summed E-state index contributed by atoms with van der Waals surface area (Å²) < 4.78 is 26.6. The van der Waals surface area contributed by atoms with Crippen molar-refractivity contribution in [1.29, 1.82) is 0 Å². The lowest BCUT2D eigenvalue weighted by molar-refractivity contribution is 0.595. The largest absolute Gasteiger partial charge is 0.313 e. The van der Waals surface area contributed by atoms with E-state index < -0.39 is 10.0 Å². The highest BCUT2D eigenvalue weighted by molar-refractivity contribution is 7.92. The van der Waals surface area contributed by atoms with Crippen molar-refractivity contribution in [3.63, 3.8) is 0 Å². The lowest BCUT2D eigenvalue weighted by Crippen LogP contribution is -2.27. The summed E-state index contributed by atoms with van der Waals surface area (Å²) in [7, 11) is -3.30. The molecule has 0 radical (unpaired) electrons. The second-order valence-electron chi connectivity index (χ2n) is 5.06. The molecular weight excluding hydrogens is 274 g/mol. The van der Waals surface area contributed by atoms with Crippen molar-refractivity contribution in [2.24, 2.45) is 0 Å². The number of aromatic nitrogens is 1. The van der Waals surface area contributed by atoms with E-state index in [9.17, 15) is 8.42 Å². The molecule has 2 N–H and O–H groups in total. The number of sulfonamides is 1. The zero-order valence-electron chi connectivity index (χ0n) is 11.0. The standard InChI is InChI=1S/C14H17N3O2S/c18-20(19,9-8-15-12-3-4-12)17-13-5-6-14-11(10-13)2-1-7-16-14/h1-2,5-7,10,12,15,17H,3-4,8-9H2. The summed E-state index contributed by atoms with van der Waals surface area (Å²) in [4.78, 5) is 4.21. The summed E-state index contributed by atoms with van der Waals surface area (Å²) in [6.45, 7) is 0.495. The topological polar surface area (TPSA) is 71.1 Å². The second kappa shape index (κ2) is 5.38. The molecule has 106 valence electrons. The fourth-order valence-electron chi connectivity index (χ4n) is 2.05. The minimum absolute atomic E-state index is 0.0918. The molecule has 1 aliphatic rings. The maximum atomic E-state index is 12.0. The van der Waals surface area contributed by atoms with Gasteiger partial charge in [0.1, 0.15) is 0 Å². The third-order valence-electron chi connectivity index (χ3n) is 3.26. The van der Waals surface area contributed by atoms with Crippen LogP contribution < -0.4 is 10.0 Å². The number of fused-ring (bicyclic) bond motifs is 1. The van der Waals surface area contributed by atoms with Gasteiger partial charge in [0.25, 0.3) is 0 Å². The zero-order valence-corrected chi connectivity index (χ0v) is 11.9. The summed E-state index contributed by atoms with van der Waals surface area (Å²) in [5, 5.41) is 4.12. The molecule has 0 aliphatic heterocycles. The summed E-state index contributed by atoms with van der Waals surface area (Å²) in [5.41, 5.74) is 1.43. The molecule has 0 bridgehead atoms. The van der Waals surface area contributed by atoms with Gasteiger partial charge in [0, 0.05) is 29.9 Å². The monoisotopic (exact) mass is 291 g/mol. The molecule has 0 spiro atoms. The first-order chi connectivity index (χ1) is 9.62. The minimum Gasteiger partial charge on any atom is -0.313 e. The van der Waals surface area contributed by atoms with E-state index in [-0.39, 0.29) is 5.75 Å². The van der Waals surface area contributed by atoms with Crippen molar-refractivity contribution in [2.45, 2.75) is 18.9 Å². The highest BCUT2D eigenvalue weighted by Gasteiger charge is 2.21. The van der Waals surface area contributed by atoms with Crippen LogP contribution in [-0.2, 0) is 10.0 Å². The van der Waals surface area contributed by atoms with Crippen molar-refractivity contribution >= 4 is 26.6 Å². The quantitative estimate of drug-likeness (QED) is 0.850. The van der Waals surface area contributed by atoms with Crippen molar-refractivity contribution in [2.75, 3.05) is 17.0 Å². The SMILES string of the molecule is O=S(=O)(CCNC1CC1)Nc1ccc2ncccc2c1. The van der Waals surface area contributed by atoms with Crippen LogP contribution in [0.1, 0.15) is 12.8 Å². The molecule has 2 aromatic rings. The molecule has 1 aromatic carbocycles. The molecule has 20 heavy (non-hydrogen) atoms. The third-order valence-corrected chi connectivity index (χ3v) is 4.55. The van der Waals surface area contributed by atoms with E-state index in [1.165, 1.54) is 0 Å². The molecule has 1 saturated carbocycles. The smallest absolute Gasteiger partial charge is 0.233 e. The van der Waals surface area contributed by atoms with E-state index in [1.54, 1.807) is 18.3 Å². The maximum absolute atomic E-state index is 12.0. The second-order valence-corrected chi connectivity index (χ2v) is 6.90. The van der Waals surface area contributed by atoms with Crippen LogP contribution in [0.15, 0.2) is 36.5 Å². The molecule has 1 aliphatic carbocycles. The Morgan fingerprint density at radius 1 is 1.25 bits per heavy atom. The summed E-state index contributed by atoms with van der Waals surface area (Å²) in [6.07, 6.45) is 4.03. The van der Waals surface area contributed by atoms with E-state index in [4.69, 9.17) is 0 Å². The first kappa shape index (κ1) is 13.3. The molecule has 0 amide bonds. The molecule has 1 aromatic heterocycles. The minimum atomic E-state index is -3.30. The Hall–Kier alpha value is -1.66. The van der Waals surface area contributed by atoms with Crippen molar-refractivity contribution in [3.05, 3.63) is 36.5 Å². The average molecular weight is 291 g/mol. The van der Waals surface area contributed by atoms with Gasteiger partial charge in [0.05, 0.1) is 11.3 Å². The Morgan fingerprint density at radius 2 is 2.10 bits per heavy atom. The number of hydrogen-bond acceptors (Lipinski definition) is 4. The molecule has 3 rings (SSSR count). The van der Waals surface area contributed by atoms with Crippen LogP contribution in [0.25, 0.3) is 10.9 Å². The number of pyridine rings is 1. The van der Waals surface area contributed by atoms with Gasteiger partial charge in [-0.1, -0.05) is 6.07 Å². The van der Waals surface area contributed by atoms with Crippen LogP contribution >= 0.6 is 0 Å². The van der Waals surface area contributed by atoms with Crippen molar-refractivity contribution < 1.29 is 8.42 Å². The molecular formula is C14H17N3O2S. The van der Waals surface area contributed by atoms with Gasteiger partial charge in [-0.25, -0.2) is 8.42 Å². The number of nitrogens with one attached hydrogen (secondary N) is 2. The molecule has 1 heterocycles. The first-order valence-corrected chi connectivity index (χ1v) is 8.36. The van der Waals surface area contributed by atoms with E-state index in [0.717, 1.165) is 23.7 Å². The molecule has 0 saturated heterocycles. The number of nitrogens with zero attached hydrogens (tertiary/aromatic N) is 1. The highest BCUT2D eigenvalue weighted by atomic mass is 32.2. The predicted molar refractivity (Wildman–Crippen MR) is 80.2 cm³/mol. The molecule has 5 nitrogen and oxygen atoms in total. The van der Waals surface area contributed by atoms with Gasteiger partial charge >= 0.3 is 0 Å². The normalized spacial score (nSPS) is 15.4. The fourth-order valence-corrected chi connectivity index (χ4v) is 3.03. The van der Waals surface area contributed by atoms with Crippen LogP contribution in [0.3, 0.4) is 0 Å². The summed E-state index contributed by atoms with van der Waals surface area (Å²) in [5.74, 6) is 0.0918. The van der Waals surface area contributed by atoms with Gasteiger partial charge in [-0.15, -0.1) is 0 Å². The van der Waals surface area contributed by atoms with Gasteiger partial charge in [-0.2, -0.15) is 0 Å². The Bertz CT molecular complexity index is 711. The molecule has 0 unspecified atom stereocenters. The predicted octanol–water partition coefficient (Wildman–Crippen LogP) is 1.73. The van der Waals surface area contributed by atoms with Crippen LogP contribution in [0.5, 0.6) is 0 Å². The van der Waals surface area contributed by atoms with Gasteiger partial charge in [0.2, 0.25) is 10.0 Å². The number of rotatable bonds is 6. The maximum Gasteiger partial charge on any atom is 0.233 e. The van der Waals surface area contributed by atoms with Crippen molar-refractivity contribution in [3.8, 4) is 0 Å². The number of benzene rings is 1. The van der Waals surface area contributed by atoms with E-state index in [2.05, 4.69) is 15.0 Å². The zero-order chi connectivity index (χ0) is 14.0. The summed E-state index contributed by atoms with van der Waals surface area (Å²) in [6, 6.07) is 9.62. The van der Waals surface area contributed by atoms with E-state index in [1.807, 2.05) is 18.2 Å². The van der Waals surface area contributed by atoms with Gasteiger partial charge in [-0.3, -0.25) is 9.71 Å². The number of anilines is 1. The lowest BCUT2D eigenvalue weighted by atomic mass is 10.2. The van der Waals surface area contributed by atoms with Gasteiger partial charge < -0.3 is 5.32 Å². The molecule has 6 heteroatoms. The van der Waals surface area contributed by atoms with Gasteiger partial charge in [0.15, 0.2) is 0 Å². The third kappa shape index (κ3) is 3.46. The van der Waals surface area contributed by atoms with Crippen LogP contribution in [0.2, 0.25) is 0 Å². The van der Waals surface area contributed by atoms with Crippen LogP contribution in [0, 0.1) is 0 Å². The lowest BCUT2D eigenvalue weighted by Gasteiger charge is -2.09. The Balaban J connectivity index is 1.67. The fraction of sp³-hybridized carbons (Fsp3) is 0.357. The Kier molecular flexibility index (Phi) is 3.58. The highest BCUT2D eigenvalue weighted by Crippen LogP contribution is 2.19. The number of hydrogen-bond donors (Lipinski definition) is 2. The van der Waals surface area contributed by atoms with E-state index >= 15 is 0 Å². The average Bonchev–Trinajstić information content (AvgIpc) is 3.22. The van der Waals surface area contributed by atoms with Crippen LogP contribution in [0.4, 0.5) is 5.69 Å². The first-order valence-electron chi connectivity index (χ1n) is 6.71. The molecule has 0 atom stereocenters. The summed E-state index contributed by atoms with van der Waals surface area (Å²) >= 11 is 0.